The first-order valence-corrected chi connectivity index (χ1v) is 15.1. The molecule has 0 aliphatic carbocycles. The number of halogens is 2. The largest absolute Gasteiger partial charge is 0.495 e. The van der Waals surface area contributed by atoms with Gasteiger partial charge in [0.2, 0.25) is 11.8 Å². The average molecular weight is 607 g/mol. The van der Waals surface area contributed by atoms with E-state index >= 15 is 0 Å². The quantitative estimate of drug-likeness (QED) is 0.276. The van der Waals surface area contributed by atoms with Crippen molar-refractivity contribution in [3.63, 3.8) is 0 Å². The molecule has 0 aromatic heterocycles. The van der Waals surface area contributed by atoms with Gasteiger partial charge in [0.05, 0.1) is 22.7 Å². The highest BCUT2D eigenvalue weighted by Gasteiger charge is 2.34. The summed E-state index contributed by atoms with van der Waals surface area (Å²) < 4.78 is 33.9. The number of benzene rings is 3. The summed E-state index contributed by atoms with van der Waals surface area (Å²) >= 11 is 12.8. The van der Waals surface area contributed by atoms with Crippen LogP contribution in [0.1, 0.15) is 32.3 Å². The molecule has 3 aromatic carbocycles. The highest BCUT2D eigenvalue weighted by molar-refractivity contribution is 7.92. The van der Waals surface area contributed by atoms with E-state index in [-0.39, 0.29) is 28.1 Å². The normalized spacial score (nSPS) is 11.9. The summed E-state index contributed by atoms with van der Waals surface area (Å²) in [5, 5.41) is 3.46. The summed E-state index contributed by atoms with van der Waals surface area (Å²) in [5.74, 6) is -0.549. The average Bonchev–Trinajstić information content (AvgIpc) is 2.95. The molecule has 0 unspecified atom stereocenters. The first-order valence-electron chi connectivity index (χ1n) is 12.9. The second-order valence-corrected chi connectivity index (χ2v) is 11.6. The van der Waals surface area contributed by atoms with E-state index < -0.39 is 28.5 Å². The summed E-state index contributed by atoms with van der Waals surface area (Å²) in [6, 6.07) is 18.4. The summed E-state index contributed by atoms with van der Waals surface area (Å²) in [7, 11) is -2.76. The van der Waals surface area contributed by atoms with E-state index in [1.165, 1.54) is 42.3 Å². The first-order chi connectivity index (χ1) is 19.1. The molecule has 0 saturated carbocycles. The number of hydrogen-bond acceptors (Lipinski definition) is 5. The number of methoxy groups -OCH3 is 1. The predicted octanol–water partition coefficient (Wildman–Crippen LogP) is 5.53. The number of sulfonamides is 1. The van der Waals surface area contributed by atoms with Crippen LogP contribution in [0, 0.1) is 0 Å². The number of anilines is 1. The van der Waals surface area contributed by atoms with E-state index in [0.29, 0.717) is 29.3 Å². The first kappa shape index (κ1) is 31.3. The minimum atomic E-state index is -4.21. The van der Waals surface area contributed by atoms with Gasteiger partial charge in [-0.05, 0) is 54.8 Å². The molecule has 0 aliphatic rings. The number of carbonyl (C=O) groups excluding carboxylic acids is 2. The van der Waals surface area contributed by atoms with Crippen LogP contribution in [-0.2, 0) is 26.2 Å². The van der Waals surface area contributed by atoms with Crippen LogP contribution in [0.5, 0.6) is 5.75 Å². The predicted molar refractivity (Wildman–Crippen MR) is 158 cm³/mol. The maximum absolute atomic E-state index is 14.0. The molecular formula is C29H33Cl2N3O5S. The number of rotatable bonds is 13. The zero-order valence-electron chi connectivity index (χ0n) is 22.6. The van der Waals surface area contributed by atoms with E-state index in [0.717, 1.165) is 10.7 Å². The summed E-state index contributed by atoms with van der Waals surface area (Å²) in [5.41, 5.74) is 0.799. The van der Waals surface area contributed by atoms with Crippen molar-refractivity contribution < 1.29 is 22.7 Å². The Morgan fingerprint density at radius 1 is 0.950 bits per heavy atom. The molecule has 0 aliphatic heterocycles. The van der Waals surface area contributed by atoms with E-state index in [2.05, 4.69) is 5.32 Å². The van der Waals surface area contributed by atoms with E-state index in [1.807, 2.05) is 6.92 Å². The summed E-state index contributed by atoms with van der Waals surface area (Å²) in [6.45, 7) is 3.61. The molecule has 1 N–H and O–H groups in total. The lowest BCUT2D eigenvalue weighted by molar-refractivity contribution is -0.140. The molecular weight excluding hydrogens is 573 g/mol. The van der Waals surface area contributed by atoms with Crippen molar-refractivity contribution in [1.82, 2.24) is 10.2 Å². The topological polar surface area (TPSA) is 96.0 Å². The minimum Gasteiger partial charge on any atom is -0.495 e. The molecule has 214 valence electrons. The second-order valence-electron chi connectivity index (χ2n) is 8.97. The zero-order chi connectivity index (χ0) is 29.3. The van der Waals surface area contributed by atoms with Crippen LogP contribution in [0.25, 0.3) is 0 Å². The van der Waals surface area contributed by atoms with Gasteiger partial charge < -0.3 is 15.0 Å². The molecule has 1 atom stereocenters. The van der Waals surface area contributed by atoms with Crippen molar-refractivity contribution >= 4 is 50.7 Å². The maximum atomic E-state index is 14.0. The lowest BCUT2D eigenvalue weighted by atomic mass is 10.1. The Hall–Kier alpha value is -3.27. The van der Waals surface area contributed by atoms with Gasteiger partial charge in [-0.3, -0.25) is 13.9 Å². The second kappa shape index (κ2) is 14.4. The number of amides is 2. The monoisotopic (exact) mass is 605 g/mol. The van der Waals surface area contributed by atoms with Crippen molar-refractivity contribution in [2.45, 2.75) is 44.2 Å². The van der Waals surface area contributed by atoms with Gasteiger partial charge in [-0.2, -0.15) is 0 Å². The van der Waals surface area contributed by atoms with Crippen LogP contribution in [0.4, 0.5) is 5.69 Å². The van der Waals surface area contributed by atoms with Crippen LogP contribution >= 0.6 is 23.2 Å². The zero-order valence-corrected chi connectivity index (χ0v) is 25.0. The lowest BCUT2D eigenvalue weighted by Gasteiger charge is -2.33. The van der Waals surface area contributed by atoms with E-state index in [9.17, 15) is 18.0 Å². The third kappa shape index (κ3) is 7.47. The molecule has 0 saturated heterocycles. The number of hydrogen-bond donors (Lipinski definition) is 1. The third-order valence-electron chi connectivity index (χ3n) is 6.27. The molecule has 8 nitrogen and oxygen atoms in total. The van der Waals surface area contributed by atoms with Crippen molar-refractivity contribution in [2.24, 2.45) is 0 Å². The Morgan fingerprint density at radius 3 is 2.23 bits per heavy atom. The molecule has 0 fully saturated rings. The van der Waals surface area contributed by atoms with Gasteiger partial charge in [0, 0.05) is 18.1 Å². The number of carbonyl (C=O) groups is 2. The minimum absolute atomic E-state index is 0.000115. The van der Waals surface area contributed by atoms with Gasteiger partial charge >= 0.3 is 0 Å². The molecule has 40 heavy (non-hydrogen) atoms. The Bertz CT molecular complexity index is 1420. The van der Waals surface area contributed by atoms with Crippen LogP contribution in [0.3, 0.4) is 0 Å². The van der Waals surface area contributed by atoms with Crippen molar-refractivity contribution in [2.75, 3.05) is 24.5 Å². The van der Waals surface area contributed by atoms with Crippen LogP contribution in [0.2, 0.25) is 10.0 Å². The summed E-state index contributed by atoms with van der Waals surface area (Å²) in [6.07, 6.45) is 1.04. The van der Waals surface area contributed by atoms with Crippen LogP contribution in [-0.4, -0.2) is 51.4 Å². The summed E-state index contributed by atoms with van der Waals surface area (Å²) in [4.78, 5) is 28.6. The Balaban J connectivity index is 2.08. The smallest absolute Gasteiger partial charge is 0.264 e. The Labute approximate surface area is 245 Å². The van der Waals surface area contributed by atoms with E-state index in [1.54, 1.807) is 49.4 Å². The van der Waals surface area contributed by atoms with Gasteiger partial charge in [0.15, 0.2) is 0 Å². The third-order valence-corrected chi connectivity index (χ3v) is 8.72. The molecule has 0 radical (unpaired) electrons. The molecule has 2 amide bonds. The number of nitrogens with zero attached hydrogens (tertiary/aromatic N) is 2. The Morgan fingerprint density at radius 2 is 1.62 bits per heavy atom. The SMILES string of the molecule is CCCNC(=O)[C@H](CC)N(Cc1ccccc1Cl)C(=O)CN(c1ccc(OC)c(Cl)c1)S(=O)(=O)c1ccccc1. The Kier molecular flexibility index (Phi) is 11.2. The number of nitrogens with one attached hydrogen (secondary N) is 1. The lowest BCUT2D eigenvalue weighted by Crippen LogP contribution is -2.52. The van der Waals surface area contributed by atoms with Crippen molar-refractivity contribution in [3.05, 3.63) is 88.4 Å². The molecule has 0 bridgehead atoms. The fourth-order valence-corrected chi connectivity index (χ4v) is 6.03. The van der Waals surface area contributed by atoms with Gasteiger partial charge in [0.1, 0.15) is 18.3 Å². The molecule has 3 aromatic rings. The number of ether oxygens (including phenoxy) is 1. The maximum Gasteiger partial charge on any atom is 0.264 e. The van der Waals surface area contributed by atoms with Gasteiger partial charge in [0.25, 0.3) is 10.0 Å². The highest BCUT2D eigenvalue weighted by atomic mass is 35.5. The van der Waals surface area contributed by atoms with E-state index in [4.69, 9.17) is 27.9 Å². The fraction of sp³-hybridized carbons (Fsp3) is 0.310. The molecule has 0 spiro atoms. The molecule has 11 heteroatoms. The molecule has 0 heterocycles. The fourth-order valence-electron chi connectivity index (χ4n) is 4.15. The standard InChI is InChI=1S/C29H33Cl2N3O5S/c1-4-17-32-29(36)26(5-2)33(19-21-11-9-10-14-24(21)30)28(35)20-34(22-15-16-27(39-3)25(31)18-22)40(37,38)23-12-7-6-8-13-23/h6-16,18,26H,4-5,17,19-20H2,1-3H3,(H,32,36)/t26-/m0/s1. The molecule has 3 rings (SSSR count). The van der Waals surface area contributed by atoms with Crippen molar-refractivity contribution in [1.29, 1.82) is 0 Å². The van der Waals surface area contributed by atoms with Gasteiger partial charge in [-0.1, -0.05) is 73.4 Å². The van der Waals surface area contributed by atoms with Crippen molar-refractivity contribution in [3.8, 4) is 5.75 Å². The van der Waals surface area contributed by atoms with Crippen LogP contribution < -0.4 is 14.4 Å². The van der Waals surface area contributed by atoms with Gasteiger partial charge in [-0.15, -0.1) is 0 Å². The van der Waals surface area contributed by atoms with Gasteiger partial charge in [-0.25, -0.2) is 8.42 Å². The highest BCUT2D eigenvalue weighted by Crippen LogP contribution is 2.32. The van der Waals surface area contributed by atoms with Crippen LogP contribution in [0.15, 0.2) is 77.7 Å².